The molecule has 1 rings (SSSR count). The lowest BCUT2D eigenvalue weighted by molar-refractivity contribution is 0.169. The highest BCUT2D eigenvalue weighted by atomic mass is 16.5. The lowest BCUT2D eigenvalue weighted by Gasteiger charge is -2.34. The molecule has 0 saturated heterocycles. The topological polar surface area (TPSA) is 47.3 Å². The fraction of sp³-hybridized carbons (Fsp3) is 1.00. The smallest absolute Gasteiger partial charge is 0.0626 e. The molecule has 1 saturated carbocycles. The van der Waals surface area contributed by atoms with Crippen molar-refractivity contribution in [1.82, 2.24) is 5.32 Å². The Bertz CT molecular complexity index is 119. The number of nitrogens with two attached hydrogens (primary N) is 1. The van der Waals surface area contributed by atoms with E-state index in [2.05, 4.69) is 12.2 Å². The first-order valence-electron chi connectivity index (χ1n) is 4.70. The summed E-state index contributed by atoms with van der Waals surface area (Å²) in [5.74, 6) is 0.904. The van der Waals surface area contributed by atoms with Crippen LogP contribution in [0.3, 0.4) is 0 Å². The molecule has 0 aromatic carbocycles. The standard InChI is InChI=1S/C9H20N2O/c1-7-3-9(4-7)11-5-8(10)6-12-2/h7-9,11H,3-6,10H2,1-2H3. The molecule has 0 radical (unpaired) electrons. The van der Waals surface area contributed by atoms with E-state index >= 15 is 0 Å². The van der Waals surface area contributed by atoms with Crippen LogP contribution < -0.4 is 11.1 Å². The van der Waals surface area contributed by atoms with Gasteiger partial charge in [0.25, 0.3) is 0 Å². The zero-order valence-corrected chi connectivity index (χ0v) is 8.05. The molecule has 0 aliphatic heterocycles. The van der Waals surface area contributed by atoms with Gasteiger partial charge in [-0.05, 0) is 18.8 Å². The SMILES string of the molecule is COCC(N)CNC1CC(C)C1. The Morgan fingerprint density at radius 3 is 2.75 bits per heavy atom. The van der Waals surface area contributed by atoms with E-state index in [9.17, 15) is 0 Å². The molecule has 1 fully saturated rings. The summed E-state index contributed by atoms with van der Waals surface area (Å²) in [5, 5.41) is 3.43. The van der Waals surface area contributed by atoms with Crippen LogP contribution in [0.4, 0.5) is 0 Å². The average molecular weight is 172 g/mol. The van der Waals surface area contributed by atoms with E-state index in [4.69, 9.17) is 10.5 Å². The molecule has 0 spiro atoms. The van der Waals surface area contributed by atoms with Gasteiger partial charge in [0.2, 0.25) is 0 Å². The minimum atomic E-state index is 0.144. The normalized spacial score (nSPS) is 31.2. The molecule has 1 aliphatic rings. The molecule has 1 atom stereocenters. The summed E-state index contributed by atoms with van der Waals surface area (Å²) in [6.07, 6.45) is 2.61. The van der Waals surface area contributed by atoms with E-state index in [-0.39, 0.29) is 6.04 Å². The first kappa shape index (κ1) is 9.96. The molecular weight excluding hydrogens is 152 g/mol. The first-order valence-corrected chi connectivity index (χ1v) is 4.70. The highest BCUT2D eigenvalue weighted by Crippen LogP contribution is 2.25. The molecule has 1 unspecified atom stereocenters. The Morgan fingerprint density at radius 1 is 1.58 bits per heavy atom. The van der Waals surface area contributed by atoms with E-state index in [1.807, 2.05) is 0 Å². The van der Waals surface area contributed by atoms with E-state index in [1.54, 1.807) is 7.11 Å². The second-order valence-electron chi connectivity index (χ2n) is 3.90. The summed E-state index contributed by atoms with van der Waals surface area (Å²) in [7, 11) is 1.69. The molecule has 0 aromatic rings. The van der Waals surface area contributed by atoms with Crippen LogP contribution in [-0.4, -0.2) is 32.3 Å². The van der Waals surface area contributed by atoms with Crippen molar-refractivity contribution in [1.29, 1.82) is 0 Å². The second kappa shape index (κ2) is 4.80. The summed E-state index contributed by atoms with van der Waals surface area (Å²) >= 11 is 0. The Kier molecular flexibility index (Phi) is 3.98. The van der Waals surface area contributed by atoms with Crippen LogP contribution >= 0.6 is 0 Å². The number of hydrogen-bond acceptors (Lipinski definition) is 3. The third-order valence-electron chi connectivity index (χ3n) is 2.42. The van der Waals surface area contributed by atoms with Crippen molar-refractivity contribution in [3.8, 4) is 0 Å². The first-order chi connectivity index (χ1) is 5.72. The summed E-state index contributed by atoms with van der Waals surface area (Å²) < 4.78 is 4.94. The molecule has 0 heterocycles. The van der Waals surface area contributed by atoms with Crippen molar-refractivity contribution in [3.63, 3.8) is 0 Å². The van der Waals surface area contributed by atoms with Gasteiger partial charge in [-0.1, -0.05) is 6.92 Å². The molecule has 3 N–H and O–H groups in total. The second-order valence-corrected chi connectivity index (χ2v) is 3.90. The fourth-order valence-corrected chi connectivity index (χ4v) is 1.66. The molecule has 12 heavy (non-hydrogen) atoms. The van der Waals surface area contributed by atoms with Gasteiger partial charge < -0.3 is 15.8 Å². The molecular formula is C9H20N2O. The number of ether oxygens (including phenoxy) is 1. The zero-order chi connectivity index (χ0) is 8.97. The summed E-state index contributed by atoms with van der Waals surface area (Å²) in [6, 6.07) is 0.855. The summed E-state index contributed by atoms with van der Waals surface area (Å²) in [5.41, 5.74) is 5.76. The van der Waals surface area contributed by atoms with Gasteiger partial charge in [-0.2, -0.15) is 0 Å². The maximum atomic E-state index is 5.76. The van der Waals surface area contributed by atoms with E-state index in [1.165, 1.54) is 12.8 Å². The van der Waals surface area contributed by atoms with Crippen LogP contribution in [0.25, 0.3) is 0 Å². The van der Waals surface area contributed by atoms with Crippen LogP contribution in [0.1, 0.15) is 19.8 Å². The van der Waals surface area contributed by atoms with E-state index in [0.717, 1.165) is 12.5 Å². The number of rotatable bonds is 5. The van der Waals surface area contributed by atoms with Crippen molar-refractivity contribution in [2.75, 3.05) is 20.3 Å². The van der Waals surface area contributed by atoms with Gasteiger partial charge >= 0.3 is 0 Å². The van der Waals surface area contributed by atoms with Gasteiger partial charge in [0, 0.05) is 25.7 Å². The van der Waals surface area contributed by atoms with Gasteiger partial charge in [-0.3, -0.25) is 0 Å². The monoisotopic (exact) mass is 172 g/mol. The van der Waals surface area contributed by atoms with E-state index in [0.29, 0.717) is 12.6 Å². The van der Waals surface area contributed by atoms with Crippen molar-refractivity contribution < 1.29 is 4.74 Å². The van der Waals surface area contributed by atoms with Gasteiger partial charge in [0.15, 0.2) is 0 Å². The predicted octanol–water partition coefficient (Wildman–Crippen LogP) is 0.348. The summed E-state index contributed by atoms with van der Waals surface area (Å²) in [6.45, 7) is 3.81. The minimum absolute atomic E-state index is 0.144. The highest BCUT2D eigenvalue weighted by molar-refractivity contribution is 4.83. The maximum Gasteiger partial charge on any atom is 0.0626 e. The molecule has 0 amide bonds. The maximum absolute atomic E-state index is 5.76. The molecule has 3 heteroatoms. The minimum Gasteiger partial charge on any atom is -0.383 e. The Morgan fingerprint density at radius 2 is 2.25 bits per heavy atom. The van der Waals surface area contributed by atoms with Crippen molar-refractivity contribution in [2.24, 2.45) is 11.7 Å². The van der Waals surface area contributed by atoms with Crippen LogP contribution in [-0.2, 0) is 4.74 Å². The molecule has 1 aliphatic carbocycles. The molecule has 0 aromatic heterocycles. The lowest BCUT2D eigenvalue weighted by Crippen LogP contribution is -2.46. The van der Waals surface area contributed by atoms with Crippen LogP contribution in [0, 0.1) is 5.92 Å². The molecule has 0 bridgehead atoms. The van der Waals surface area contributed by atoms with Gasteiger partial charge in [-0.25, -0.2) is 0 Å². The third kappa shape index (κ3) is 3.09. The largest absolute Gasteiger partial charge is 0.383 e. The summed E-state index contributed by atoms with van der Waals surface area (Å²) in [4.78, 5) is 0. The van der Waals surface area contributed by atoms with Gasteiger partial charge in [0.1, 0.15) is 0 Å². The van der Waals surface area contributed by atoms with Gasteiger partial charge in [-0.15, -0.1) is 0 Å². The Hall–Kier alpha value is -0.120. The Labute approximate surface area is 74.7 Å². The number of nitrogens with one attached hydrogen (secondary N) is 1. The quantitative estimate of drug-likeness (QED) is 0.629. The Balaban J connectivity index is 1.95. The average Bonchev–Trinajstić information content (AvgIpc) is 1.96. The lowest BCUT2D eigenvalue weighted by atomic mass is 9.82. The fourth-order valence-electron chi connectivity index (χ4n) is 1.66. The highest BCUT2D eigenvalue weighted by Gasteiger charge is 2.24. The van der Waals surface area contributed by atoms with Crippen LogP contribution in [0.5, 0.6) is 0 Å². The van der Waals surface area contributed by atoms with Crippen molar-refractivity contribution in [2.45, 2.75) is 31.8 Å². The van der Waals surface area contributed by atoms with Gasteiger partial charge in [0.05, 0.1) is 6.61 Å². The van der Waals surface area contributed by atoms with E-state index < -0.39 is 0 Å². The molecule has 3 nitrogen and oxygen atoms in total. The van der Waals surface area contributed by atoms with Crippen molar-refractivity contribution >= 4 is 0 Å². The number of methoxy groups -OCH3 is 1. The number of hydrogen-bond donors (Lipinski definition) is 2. The van der Waals surface area contributed by atoms with Crippen LogP contribution in [0.15, 0.2) is 0 Å². The van der Waals surface area contributed by atoms with Crippen molar-refractivity contribution in [3.05, 3.63) is 0 Å². The zero-order valence-electron chi connectivity index (χ0n) is 8.05. The predicted molar refractivity (Wildman–Crippen MR) is 50.0 cm³/mol. The van der Waals surface area contributed by atoms with Crippen LogP contribution in [0.2, 0.25) is 0 Å². The molecule has 72 valence electrons. The third-order valence-corrected chi connectivity index (χ3v) is 2.42.